The van der Waals surface area contributed by atoms with Crippen LogP contribution in [0.4, 0.5) is 0 Å². The lowest BCUT2D eigenvalue weighted by molar-refractivity contribution is -0.0203. The van der Waals surface area contributed by atoms with Crippen LogP contribution in [0.1, 0.15) is 58.0 Å². The van der Waals surface area contributed by atoms with E-state index in [1.165, 1.54) is 0 Å². The molecule has 0 aromatic carbocycles. The van der Waals surface area contributed by atoms with Crippen molar-refractivity contribution >= 4 is 0 Å². The highest BCUT2D eigenvalue weighted by molar-refractivity contribution is 4.98. The number of hydrogen-bond donors (Lipinski definition) is 2. The van der Waals surface area contributed by atoms with Crippen LogP contribution in [0.5, 0.6) is 0 Å². The predicted molar refractivity (Wildman–Crippen MR) is 66.8 cm³/mol. The summed E-state index contributed by atoms with van der Waals surface area (Å²) >= 11 is 0. The Morgan fingerprint density at radius 2 is 2.11 bits per heavy atom. The van der Waals surface area contributed by atoms with E-state index >= 15 is 0 Å². The van der Waals surface area contributed by atoms with Gasteiger partial charge in [0.15, 0.2) is 0 Å². The number of ether oxygens (including phenoxy) is 1. The fourth-order valence-electron chi connectivity index (χ4n) is 1.65. The summed E-state index contributed by atoms with van der Waals surface area (Å²) < 4.78 is 10.8. The molecule has 1 heterocycles. The van der Waals surface area contributed by atoms with E-state index in [9.17, 15) is 0 Å². The Labute approximate surface area is 108 Å². The summed E-state index contributed by atoms with van der Waals surface area (Å²) in [4.78, 5) is 4.28. The number of nitrogens with two attached hydrogens (primary N) is 1. The lowest BCUT2D eigenvalue weighted by Gasteiger charge is -2.27. The molecule has 104 valence electrons. The second-order valence-electron chi connectivity index (χ2n) is 5.31. The van der Waals surface area contributed by atoms with Crippen molar-refractivity contribution in [2.75, 3.05) is 13.2 Å². The van der Waals surface area contributed by atoms with Gasteiger partial charge in [-0.1, -0.05) is 25.9 Å². The quantitative estimate of drug-likeness (QED) is 0.803. The number of aromatic nitrogens is 2. The first-order chi connectivity index (χ1) is 8.40. The fourth-order valence-corrected chi connectivity index (χ4v) is 1.65. The number of nitrogens with zero attached hydrogens (tertiary/aromatic N) is 2. The largest absolute Gasteiger partial charge is 0.396 e. The predicted octanol–water partition coefficient (Wildman–Crippen LogP) is 1.58. The van der Waals surface area contributed by atoms with E-state index in [4.69, 9.17) is 20.1 Å². The molecule has 0 bridgehead atoms. The molecule has 0 radical (unpaired) electrons. The molecule has 0 aliphatic rings. The molecule has 6 heteroatoms. The van der Waals surface area contributed by atoms with Crippen LogP contribution in [0.15, 0.2) is 4.52 Å². The molecule has 0 aliphatic heterocycles. The van der Waals surface area contributed by atoms with E-state index < -0.39 is 6.04 Å². The lowest BCUT2D eigenvalue weighted by Crippen LogP contribution is -2.23. The monoisotopic (exact) mass is 257 g/mol. The van der Waals surface area contributed by atoms with Gasteiger partial charge in [-0.2, -0.15) is 4.98 Å². The van der Waals surface area contributed by atoms with Crippen LogP contribution in [-0.2, 0) is 4.74 Å². The molecule has 0 saturated heterocycles. The first-order valence-electron chi connectivity index (χ1n) is 6.21. The van der Waals surface area contributed by atoms with Crippen molar-refractivity contribution in [1.29, 1.82) is 0 Å². The highest BCUT2D eigenvalue weighted by atomic mass is 16.5. The van der Waals surface area contributed by atoms with E-state index in [1.807, 2.05) is 6.92 Å². The first kappa shape index (κ1) is 15.1. The molecule has 18 heavy (non-hydrogen) atoms. The third kappa shape index (κ3) is 3.76. The summed E-state index contributed by atoms with van der Waals surface area (Å²) in [5.74, 6) is 0.848. The van der Waals surface area contributed by atoms with Crippen molar-refractivity contribution in [2.45, 2.75) is 46.3 Å². The van der Waals surface area contributed by atoms with Crippen molar-refractivity contribution in [2.24, 2.45) is 11.1 Å². The Balaban J connectivity index is 2.87. The Hall–Kier alpha value is -0.980. The van der Waals surface area contributed by atoms with Crippen LogP contribution in [0.25, 0.3) is 0 Å². The van der Waals surface area contributed by atoms with Crippen molar-refractivity contribution in [3.63, 3.8) is 0 Å². The summed E-state index contributed by atoms with van der Waals surface area (Å²) in [6.45, 7) is 8.66. The van der Waals surface area contributed by atoms with Crippen LogP contribution in [0.3, 0.4) is 0 Å². The van der Waals surface area contributed by atoms with E-state index in [0.717, 1.165) is 0 Å². The van der Waals surface area contributed by atoms with Gasteiger partial charge >= 0.3 is 0 Å². The van der Waals surface area contributed by atoms with Crippen molar-refractivity contribution in [3.8, 4) is 0 Å². The Kier molecular flexibility index (Phi) is 5.25. The van der Waals surface area contributed by atoms with E-state index in [-0.39, 0.29) is 18.1 Å². The topological polar surface area (TPSA) is 94.4 Å². The first-order valence-corrected chi connectivity index (χ1v) is 6.21. The zero-order chi connectivity index (χ0) is 13.8. The Morgan fingerprint density at radius 3 is 2.61 bits per heavy atom. The van der Waals surface area contributed by atoms with E-state index in [1.54, 1.807) is 0 Å². The van der Waals surface area contributed by atoms with Crippen LogP contribution in [0, 0.1) is 5.41 Å². The van der Waals surface area contributed by atoms with Crippen LogP contribution in [-0.4, -0.2) is 28.5 Å². The normalized spacial score (nSPS) is 15.7. The molecule has 2 atom stereocenters. The third-order valence-corrected chi connectivity index (χ3v) is 2.57. The van der Waals surface area contributed by atoms with Crippen molar-refractivity contribution < 1.29 is 14.4 Å². The molecule has 2 unspecified atom stereocenters. The maximum atomic E-state index is 8.83. The summed E-state index contributed by atoms with van der Waals surface area (Å²) in [7, 11) is 0. The molecule has 1 aromatic heterocycles. The van der Waals surface area contributed by atoms with Crippen LogP contribution >= 0.6 is 0 Å². The molecule has 1 rings (SSSR count). The van der Waals surface area contributed by atoms with Gasteiger partial charge in [0.25, 0.3) is 0 Å². The van der Waals surface area contributed by atoms with Gasteiger partial charge in [0.1, 0.15) is 6.10 Å². The standard InChI is InChI=1S/C12H23N3O3/c1-5-17-9(12(2,3)4)10-14-11(18-15-10)8(13)6-7-16/h8-9,16H,5-7,13H2,1-4H3. The van der Waals surface area contributed by atoms with E-state index in [0.29, 0.717) is 24.7 Å². The van der Waals surface area contributed by atoms with Gasteiger partial charge in [0.05, 0.1) is 6.04 Å². The zero-order valence-corrected chi connectivity index (χ0v) is 11.5. The number of aliphatic hydroxyl groups is 1. The summed E-state index contributed by atoms with van der Waals surface area (Å²) in [5, 5.41) is 12.8. The van der Waals surface area contributed by atoms with Crippen LogP contribution < -0.4 is 5.73 Å². The molecular formula is C12H23N3O3. The highest BCUT2D eigenvalue weighted by Crippen LogP contribution is 2.34. The number of rotatable bonds is 6. The minimum atomic E-state index is -0.432. The summed E-state index contributed by atoms with van der Waals surface area (Å²) in [6.07, 6.45) is 0.164. The zero-order valence-electron chi connectivity index (χ0n) is 11.5. The highest BCUT2D eigenvalue weighted by Gasteiger charge is 2.31. The van der Waals surface area contributed by atoms with E-state index in [2.05, 4.69) is 30.9 Å². The second kappa shape index (κ2) is 6.26. The van der Waals surface area contributed by atoms with Gasteiger partial charge in [-0.15, -0.1) is 0 Å². The maximum absolute atomic E-state index is 8.83. The molecule has 0 amide bonds. The van der Waals surface area contributed by atoms with Gasteiger partial charge in [0.2, 0.25) is 11.7 Å². The Bertz CT molecular complexity index is 360. The molecule has 0 saturated carbocycles. The van der Waals surface area contributed by atoms with Crippen molar-refractivity contribution in [1.82, 2.24) is 10.1 Å². The fraction of sp³-hybridized carbons (Fsp3) is 0.833. The average Bonchev–Trinajstić information content (AvgIpc) is 2.73. The van der Waals surface area contributed by atoms with Crippen LogP contribution in [0.2, 0.25) is 0 Å². The number of aliphatic hydroxyl groups excluding tert-OH is 1. The smallest absolute Gasteiger partial charge is 0.243 e. The molecular weight excluding hydrogens is 234 g/mol. The minimum absolute atomic E-state index is 0.00691. The molecule has 0 fully saturated rings. The Morgan fingerprint density at radius 1 is 1.44 bits per heavy atom. The minimum Gasteiger partial charge on any atom is -0.396 e. The van der Waals surface area contributed by atoms with Crippen molar-refractivity contribution in [3.05, 3.63) is 11.7 Å². The molecule has 0 aliphatic carbocycles. The van der Waals surface area contributed by atoms with Gasteiger partial charge in [-0.25, -0.2) is 0 Å². The SMILES string of the molecule is CCOC(c1noc(C(N)CCO)n1)C(C)(C)C. The average molecular weight is 257 g/mol. The summed E-state index contributed by atoms with van der Waals surface area (Å²) in [6, 6.07) is -0.432. The summed E-state index contributed by atoms with van der Waals surface area (Å²) in [5.41, 5.74) is 5.68. The van der Waals surface area contributed by atoms with Gasteiger partial charge in [0, 0.05) is 13.2 Å². The molecule has 1 aromatic rings. The molecule has 6 nitrogen and oxygen atoms in total. The maximum Gasteiger partial charge on any atom is 0.243 e. The van der Waals surface area contributed by atoms with Gasteiger partial charge < -0.3 is 20.1 Å². The molecule has 3 N–H and O–H groups in total. The number of hydrogen-bond acceptors (Lipinski definition) is 6. The third-order valence-electron chi connectivity index (χ3n) is 2.57. The second-order valence-corrected chi connectivity index (χ2v) is 5.31. The lowest BCUT2D eigenvalue weighted by atomic mass is 9.88. The van der Waals surface area contributed by atoms with Gasteiger partial charge in [-0.05, 0) is 18.8 Å². The van der Waals surface area contributed by atoms with Gasteiger partial charge in [-0.3, -0.25) is 0 Å². The molecule has 0 spiro atoms.